The molecule has 0 aliphatic heterocycles. The van der Waals surface area contributed by atoms with Gasteiger partial charge in [-0.15, -0.1) is 0 Å². The molecule has 0 saturated carbocycles. The molecular weight excluding hydrogens is 584 g/mol. The van der Waals surface area contributed by atoms with Crippen molar-refractivity contribution in [1.29, 1.82) is 0 Å². The molecule has 0 unspecified atom stereocenters. The second kappa shape index (κ2) is 33.4. The number of carbonyl (C=O) groups excluding carboxylic acids is 8. The maximum absolute atomic E-state index is 10.4. The maximum Gasteiger partial charge on any atom is 0.313 e. The Labute approximate surface area is 251 Å². The van der Waals surface area contributed by atoms with Gasteiger partial charge in [0.05, 0.1) is 13.2 Å². The van der Waals surface area contributed by atoms with Crippen molar-refractivity contribution in [3.05, 3.63) is 0 Å². The Morgan fingerprint density at radius 2 is 0.780 bits per heavy atom. The number of carbonyl (C=O) groups is 8. The van der Waals surface area contributed by atoms with Gasteiger partial charge in [0.25, 0.3) is 0 Å². The van der Waals surface area contributed by atoms with Crippen LogP contribution in [0.4, 0.5) is 0 Å². The van der Waals surface area contributed by atoms with Gasteiger partial charge in [0.2, 0.25) is 0 Å². The van der Waals surface area contributed by atoms with Gasteiger partial charge in [0, 0.05) is 24.8 Å². The fraction of sp³-hybridized carbons (Fsp3) is 0.692. The molecule has 0 fully saturated rings. The number of hydrogen-bond donors (Lipinski definition) is 0. The topological polar surface area (TPSA) is 220 Å². The summed E-state index contributed by atoms with van der Waals surface area (Å²) in [6.07, 6.45) is -0.505. The second-order valence-corrected chi connectivity index (χ2v) is 9.28. The van der Waals surface area contributed by atoms with Crippen LogP contribution in [-0.2, 0) is 74.4 Å². The first-order valence-corrected chi connectivity index (χ1v) is 13.7. The number of rotatable bonds is 14. The van der Waals surface area contributed by atoms with Crippen LogP contribution in [0, 0.1) is 0 Å². The van der Waals surface area contributed by atoms with Gasteiger partial charge in [-0.1, -0.05) is 0 Å². The molecule has 0 N–H and O–H groups in total. The second-order valence-electron chi connectivity index (χ2n) is 8.29. The molecule has 0 spiro atoms. The molecule has 0 atom stereocenters. The molecule has 0 aromatic heterocycles. The molecule has 0 aliphatic rings. The van der Waals surface area contributed by atoms with Gasteiger partial charge >= 0.3 is 78.4 Å². The van der Waals surface area contributed by atoms with E-state index in [0.717, 1.165) is 0 Å². The molecule has 15 heteroatoms. The summed E-state index contributed by atoms with van der Waals surface area (Å²) in [4.78, 5) is 79.9. The first-order valence-electron chi connectivity index (χ1n) is 12.5. The van der Waals surface area contributed by atoms with Crippen molar-refractivity contribution in [1.82, 2.24) is 0 Å². The average Bonchev–Trinajstić information content (AvgIpc) is 2.72. The monoisotopic (exact) mass is 628 g/mol. The van der Waals surface area contributed by atoms with Gasteiger partial charge in [-0.25, -0.2) is 0 Å². The van der Waals surface area contributed by atoms with Crippen LogP contribution >= 0.6 is 0 Å². The molecule has 0 bridgehead atoms. The zero-order chi connectivity index (χ0) is 33.6. The minimum absolute atomic E-state index is 0.103. The fourth-order valence-electron chi connectivity index (χ4n) is 1.46. The maximum atomic E-state index is 10.4. The third-order valence-electron chi connectivity index (χ3n) is 2.75. The van der Waals surface area contributed by atoms with Crippen molar-refractivity contribution in [2.75, 3.05) is 13.2 Å². The van der Waals surface area contributed by atoms with Gasteiger partial charge in [-0.3, -0.25) is 28.8 Å². The van der Waals surface area contributed by atoms with Gasteiger partial charge < -0.3 is 29.3 Å². The van der Waals surface area contributed by atoms with E-state index in [2.05, 4.69) is 9.47 Å². The molecular formula is C26H44O14Ti. The van der Waals surface area contributed by atoms with Crippen LogP contribution in [0.25, 0.3) is 0 Å². The van der Waals surface area contributed by atoms with E-state index in [4.69, 9.17) is 6.64 Å². The quantitative estimate of drug-likeness (QED) is 0.143. The number of aliphatic carboxylic acids is 2. The van der Waals surface area contributed by atoms with Gasteiger partial charge in [-0.05, 0) is 41.5 Å². The zero-order valence-electron chi connectivity index (χ0n) is 25.6. The smallest absolute Gasteiger partial charge is 0.313 e. The molecule has 236 valence electrons. The predicted octanol–water partition coefficient (Wildman–Crippen LogP) is 0.237. The van der Waals surface area contributed by atoms with E-state index in [9.17, 15) is 48.6 Å². The predicted molar refractivity (Wildman–Crippen MR) is 137 cm³/mol. The Morgan fingerprint density at radius 1 is 0.537 bits per heavy atom. The molecule has 0 aliphatic carbocycles. The van der Waals surface area contributed by atoms with Crippen molar-refractivity contribution in [3.8, 4) is 0 Å². The molecule has 14 nitrogen and oxygen atoms in total. The molecule has 41 heavy (non-hydrogen) atoms. The van der Waals surface area contributed by atoms with Crippen molar-refractivity contribution in [2.24, 2.45) is 0 Å². The van der Waals surface area contributed by atoms with Crippen molar-refractivity contribution in [2.45, 2.75) is 107 Å². The standard InChI is InChI=1S/2C6H10O3.2C4H6O3.2C3H7O.Ti/c2*1-3-9-6(8)4-5(2)7;2*1-3(5)2-4(6)7;2*1-3(2)4;/h2*3-4H2,1-2H3;2*2H2,1H3,(H,6,7);2*3H,1-2H3;/q;;;;2*-1;+4/p-2. The number of esters is 2. The van der Waals surface area contributed by atoms with Gasteiger partial charge in [0.1, 0.15) is 36.0 Å². The summed E-state index contributed by atoms with van der Waals surface area (Å²) in [5.74, 6) is -4.57. The number of Topliss-reactive ketones (excluding diaryl/α,β-unsaturated/α-hetero) is 4. The Balaban J connectivity index is -0.000000132. The average molecular weight is 628 g/mol. The van der Waals surface area contributed by atoms with E-state index >= 15 is 0 Å². The van der Waals surface area contributed by atoms with Crippen LogP contribution < -0.4 is 10.2 Å². The van der Waals surface area contributed by atoms with E-state index in [1.54, 1.807) is 13.8 Å². The Bertz CT molecular complexity index is 703. The minimum Gasteiger partial charge on any atom is -0.466 e. The Morgan fingerprint density at radius 3 is 0.902 bits per heavy atom. The van der Waals surface area contributed by atoms with Crippen LogP contribution in [0.3, 0.4) is 0 Å². The van der Waals surface area contributed by atoms with E-state index < -0.39 is 56.6 Å². The van der Waals surface area contributed by atoms with E-state index in [0.29, 0.717) is 25.4 Å². The summed E-state index contributed by atoms with van der Waals surface area (Å²) < 4.78 is 19.5. The van der Waals surface area contributed by atoms with Gasteiger partial charge in [-0.2, -0.15) is 0 Å². The molecule has 0 amide bonds. The summed E-state index contributed by atoms with van der Waals surface area (Å²) in [5.41, 5.74) is 0. The van der Waals surface area contributed by atoms with Crippen molar-refractivity contribution in [3.63, 3.8) is 0 Å². The Kier molecular flexibility index (Phi) is 39.1. The van der Waals surface area contributed by atoms with E-state index in [1.165, 1.54) is 27.7 Å². The summed E-state index contributed by atoms with van der Waals surface area (Å²) in [6, 6.07) is 0. The van der Waals surface area contributed by atoms with Crippen LogP contribution in [0.1, 0.15) is 94.9 Å². The zero-order valence-corrected chi connectivity index (χ0v) is 27.2. The van der Waals surface area contributed by atoms with Crippen molar-refractivity contribution < 1.29 is 84.6 Å². The SMILES string of the molecule is CC(=O)CC(=O)[O-].CC(=O)CC(=O)[O-].CC(C)[O][Ti+2][O]C(C)C.CCOC(=O)CC(C)=O.CCOC(=O)CC(C)=O. The summed E-state index contributed by atoms with van der Waals surface area (Å²) in [7, 11) is 0. The number of ketones is 4. The number of ether oxygens (including phenoxy) is 2. The summed E-state index contributed by atoms with van der Waals surface area (Å²) in [6.45, 7) is 17.3. The van der Waals surface area contributed by atoms with E-state index in [-0.39, 0.29) is 36.0 Å². The normalized spacial score (nSPS) is 8.88. The molecule has 0 aromatic rings. The summed E-state index contributed by atoms with van der Waals surface area (Å²) in [5, 5.41) is 19.0. The van der Waals surface area contributed by atoms with Crippen LogP contribution in [0.5, 0.6) is 0 Å². The molecule has 0 rings (SSSR count). The van der Waals surface area contributed by atoms with Crippen LogP contribution in [-0.4, -0.2) is 72.4 Å². The molecule has 0 saturated heterocycles. The number of carboxylic acids is 2. The van der Waals surface area contributed by atoms with E-state index in [1.807, 2.05) is 27.7 Å². The molecule has 0 radical (unpaired) electrons. The van der Waals surface area contributed by atoms with Crippen LogP contribution in [0.2, 0.25) is 0 Å². The molecule has 0 aromatic carbocycles. The third kappa shape index (κ3) is 72.6. The fourth-order valence-corrected chi connectivity index (χ4v) is 2.15. The van der Waals surface area contributed by atoms with Crippen molar-refractivity contribution >= 4 is 47.0 Å². The Hall–Kier alpha value is -2.81. The summed E-state index contributed by atoms with van der Waals surface area (Å²) >= 11 is -0.574. The number of hydrogen-bond acceptors (Lipinski definition) is 14. The first-order chi connectivity index (χ1) is 18.7. The van der Waals surface area contributed by atoms with Crippen LogP contribution in [0.15, 0.2) is 0 Å². The molecule has 0 heterocycles. The largest absolute Gasteiger partial charge is 0.466 e. The third-order valence-corrected chi connectivity index (χ3v) is 4.52. The minimum atomic E-state index is -1.31. The number of carboxylic acid groups (broad SMARTS) is 2. The first kappa shape index (κ1) is 48.0. The van der Waals surface area contributed by atoms with Gasteiger partial charge in [0.15, 0.2) is 0 Å².